The van der Waals surface area contributed by atoms with Gasteiger partial charge < -0.3 is 4.74 Å². The summed E-state index contributed by atoms with van der Waals surface area (Å²) in [6.07, 6.45) is 4.54. The highest BCUT2D eigenvalue weighted by Gasteiger charge is 2.37. The molecule has 1 saturated heterocycles. The van der Waals surface area contributed by atoms with Gasteiger partial charge in [-0.15, -0.1) is 0 Å². The van der Waals surface area contributed by atoms with Gasteiger partial charge in [0.2, 0.25) is 0 Å². The van der Waals surface area contributed by atoms with Crippen LogP contribution in [-0.4, -0.2) is 28.1 Å². The van der Waals surface area contributed by atoms with Crippen molar-refractivity contribution in [3.8, 4) is 0 Å². The van der Waals surface area contributed by atoms with Crippen LogP contribution in [0.4, 0.5) is 5.82 Å². The number of halogens is 1. The maximum atomic E-state index is 11.9. The van der Waals surface area contributed by atoms with Crippen LogP contribution in [0, 0.1) is 0 Å². The van der Waals surface area contributed by atoms with Crippen molar-refractivity contribution in [2.45, 2.75) is 25.4 Å². The zero-order valence-corrected chi connectivity index (χ0v) is 10.1. The van der Waals surface area contributed by atoms with Crippen molar-refractivity contribution in [1.29, 1.82) is 0 Å². The maximum absolute atomic E-state index is 11.9. The first-order chi connectivity index (χ1) is 8.12. The second kappa shape index (κ2) is 4.85. The third kappa shape index (κ3) is 2.65. The second-order valence-corrected chi connectivity index (χ2v) is 4.32. The molecule has 7 heteroatoms. The summed E-state index contributed by atoms with van der Waals surface area (Å²) in [6, 6.07) is 0. The Balaban J connectivity index is 1.94. The molecule has 17 heavy (non-hydrogen) atoms. The van der Waals surface area contributed by atoms with Crippen LogP contribution in [0.2, 0.25) is 5.15 Å². The number of rotatable bonds is 3. The number of anilines is 1. The van der Waals surface area contributed by atoms with Crippen molar-refractivity contribution < 1.29 is 9.53 Å². The smallest absolute Gasteiger partial charge is 0.270 e. The van der Waals surface area contributed by atoms with Crippen molar-refractivity contribution in [2.24, 2.45) is 0 Å². The Bertz CT molecular complexity index is 421. The summed E-state index contributed by atoms with van der Waals surface area (Å²) in [5, 5.41) is 0.199. The lowest BCUT2D eigenvalue weighted by molar-refractivity contribution is -0.138. The standard InChI is InChI=1S/C10H13ClN4O2/c1-10(3-2-6-17-10)9(16)15-14-8-7(11)12-4-5-13-8/h4-5H,2-3,6H2,1H3,(H,13,14)(H,15,16)/t10-/m1/s1. The number of hydrogen-bond donors (Lipinski definition) is 2. The first-order valence-corrected chi connectivity index (χ1v) is 5.66. The van der Waals surface area contributed by atoms with Crippen LogP contribution in [-0.2, 0) is 9.53 Å². The number of nitrogens with one attached hydrogen (secondary N) is 2. The fourth-order valence-corrected chi connectivity index (χ4v) is 1.76. The second-order valence-electron chi connectivity index (χ2n) is 3.96. The summed E-state index contributed by atoms with van der Waals surface area (Å²) in [5.41, 5.74) is 4.37. The van der Waals surface area contributed by atoms with E-state index in [1.165, 1.54) is 12.4 Å². The molecule has 0 saturated carbocycles. The number of carbonyl (C=O) groups is 1. The SMILES string of the molecule is C[C@]1(C(=O)NNc2nccnc2Cl)CCCO1. The van der Waals surface area contributed by atoms with Gasteiger partial charge in [0.05, 0.1) is 0 Å². The molecule has 2 rings (SSSR count). The Morgan fingerprint density at radius 1 is 1.53 bits per heavy atom. The average molecular weight is 257 g/mol. The van der Waals surface area contributed by atoms with Crippen LogP contribution >= 0.6 is 11.6 Å². The Labute approximate surface area is 104 Å². The number of amides is 1. The van der Waals surface area contributed by atoms with Gasteiger partial charge in [-0.05, 0) is 19.8 Å². The minimum absolute atomic E-state index is 0.199. The fourth-order valence-electron chi connectivity index (χ4n) is 1.61. The molecule has 92 valence electrons. The largest absolute Gasteiger partial charge is 0.365 e. The van der Waals surface area contributed by atoms with Gasteiger partial charge in [0.1, 0.15) is 5.60 Å². The summed E-state index contributed by atoms with van der Waals surface area (Å²) < 4.78 is 5.40. The van der Waals surface area contributed by atoms with Crippen LogP contribution in [0.1, 0.15) is 19.8 Å². The lowest BCUT2D eigenvalue weighted by atomic mass is 10.0. The van der Waals surface area contributed by atoms with E-state index in [0.29, 0.717) is 18.8 Å². The highest BCUT2D eigenvalue weighted by atomic mass is 35.5. The number of nitrogens with zero attached hydrogens (tertiary/aromatic N) is 2. The molecule has 0 aliphatic carbocycles. The van der Waals surface area contributed by atoms with E-state index in [1.807, 2.05) is 0 Å². The molecule has 0 unspecified atom stereocenters. The Morgan fingerprint density at radius 2 is 2.29 bits per heavy atom. The van der Waals surface area contributed by atoms with E-state index in [2.05, 4.69) is 20.8 Å². The Kier molecular flexibility index (Phi) is 3.44. The Morgan fingerprint density at radius 3 is 2.94 bits per heavy atom. The predicted octanol–water partition coefficient (Wildman–Crippen LogP) is 1.14. The minimum Gasteiger partial charge on any atom is -0.365 e. The molecular weight excluding hydrogens is 244 g/mol. The molecule has 1 amide bonds. The van der Waals surface area contributed by atoms with E-state index < -0.39 is 5.60 Å². The van der Waals surface area contributed by atoms with E-state index in [4.69, 9.17) is 16.3 Å². The van der Waals surface area contributed by atoms with E-state index in [9.17, 15) is 4.79 Å². The molecule has 6 nitrogen and oxygen atoms in total. The van der Waals surface area contributed by atoms with Crippen LogP contribution in [0.15, 0.2) is 12.4 Å². The third-order valence-corrected chi connectivity index (χ3v) is 2.92. The maximum Gasteiger partial charge on any atom is 0.270 e. The minimum atomic E-state index is -0.776. The van der Waals surface area contributed by atoms with Gasteiger partial charge in [0.15, 0.2) is 11.0 Å². The summed E-state index contributed by atoms with van der Waals surface area (Å²) in [6.45, 7) is 2.37. The monoisotopic (exact) mass is 256 g/mol. The summed E-state index contributed by atoms with van der Waals surface area (Å²) in [4.78, 5) is 19.6. The van der Waals surface area contributed by atoms with Gasteiger partial charge in [0.25, 0.3) is 5.91 Å². The first-order valence-electron chi connectivity index (χ1n) is 5.29. The first kappa shape index (κ1) is 12.1. The fraction of sp³-hybridized carbons (Fsp3) is 0.500. The van der Waals surface area contributed by atoms with Crippen molar-refractivity contribution >= 4 is 23.3 Å². The van der Waals surface area contributed by atoms with Crippen molar-refractivity contribution in [2.75, 3.05) is 12.0 Å². The summed E-state index contributed by atoms with van der Waals surface area (Å²) in [7, 11) is 0. The van der Waals surface area contributed by atoms with Crippen LogP contribution in [0.3, 0.4) is 0 Å². The molecule has 0 bridgehead atoms. The molecular formula is C10H13ClN4O2. The van der Waals surface area contributed by atoms with Gasteiger partial charge in [-0.3, -0.25) is 15.6 Å². The summed E-state index contributed by atoms with van der Waals surface area (Å²) >= 11 is 5.78. The number of hydrazine groups is 1. The molecule has 1 fully saturated rings. The van der Waals surface area contributed by atoms with E-state index in [1.54, 1.807) is 6.92 Å². The topological polar surface area (TPSA) is 76.1 Å². The highest BCUT2D eigenvalue weighted by Crippen LogP contribution is 2.25. The van der Waals surface area contributed by atoms with Crippen LogP contribution in [0.5, 0.6) is 0 Å². The highest BCUT2D eigenvalue weighted by molar-refractivity contribution is 6.31. The van der Waals surface area contributed by atoms with Gasteiger partial charge in [-0.1, -0.05) is 11.6 Å². The van der Waals surface area contributed by atoms with Crippen molar-refractivity contribution in [3.63, 3.8) is 0 Å². The van der Waals surface area contributed by atoms with Crippen LogP contribution in [0.25, 0.3) is 0 Å². The molecule has 0 radical (unpaired) electrons. The number of ether oxygens (including phenoxy) is 1. The van der Waals surface area contributed by atoms with Crippen molar-refractivity contribution in [1.82, 2.24) is 15.4 Å². The average Bonchev–Trinajstić information content (AvgIpc) is 2.76. The number of aromatic nitrogens is 2. The zero-order valence-electron chi connectivity index (χ0n) is 9.36. The van der Waals surface area contributed by atoms with E-state index >= 15 is 0 Å². The molecule has 2 N–H and O–H groups in total. The summed E-state index contributed by atoms with van der Waals surface area (Å²) in [5.74, 6) is 0.0702. The van der Waals surface area contributed by atoms with Gasteiger partial charge in [-0.25, -0.2) is 9.97 Å². The molecule has 1 aliphatic heterocycles. The Hall–Kier alpha value is -1.40. The van der Waals surface area contributed by atoms with Gasteiger partial charge >= 0.3 is 0 Å². The van der Waals surface area contributed by atoms with Crippen LogP contribution < -0.4 is 10.9 Å². The predicted molar refractivity (Wildman–Crippen MR) is 62.4 cm³/mol. The number of hydrogen-bond acceptors (Lipinski definition) is 5. The molecule has 1 aliphatic rings. The van der Waals surface area contributed by atoms with Gasteiger partial charge in [-0.2, -0.15) is 0 Å². The number of carbonyl (C=O) groups excluding carboxylic acids is 1. The normalized spacial score (nSPS) is 23.4. The molecule has 1 atom stereocenters. The van der Waals surface area contributed by atoms with Gasteiger partial charge in [0, 0.05) is 19.0 Å². The molecule has 2 heterocycles. The van der Waals surface area contributed by atoms with E-state index in [-0.39, 0.29) is 11.1 Å². The molecule has 1 aromatic rings. The quantitative estimate of drug-likeness (QED) is 0.794. The van der Waals surface area contributed by atoms with Crippen molar-refractivity contribution in [3.05, 3.63) is 17.5 Å². The zero-order chi connectivity index (χ0) is 12.3. The molecule has 0 spiro atoms. The molecule has 0 aromatic carbocycles. The lowest BCUT2D eigenvalue weighted by Gasteiger charge is -2.22. The molecule has 1 aromatic heterocycles. The third-order valence-electron chi connectivity index (χ3n) is 2.65. The lowest BCUT2D eigenvalue weighted by Crippen LogP contribution is -2.46. The van der Waals surface area contributed by atoms with E-state index in [0.717, 1.165) is 6.42 Å².